The van der Waals surface area contributed by atoms with Gasteiger partial charge in [0.25, 0.3) is 0 Å². The van der Waals surface area contributed by atoms with E-state index in [1.165, 1.54) is 0 Å². The zero-order valence-corrected chi connectivity index (χ0v) is 14.8. The van der Waals surface area contributed by atoms with E-state index >= 15 is 0 Å². The minimum Gasteiger partial charge on any atom is -0.497 e. The van der Waals surface area contributed by atoms with Crippen molar-refractivity contribution < 1.29 is 14.1 Å². The number of carbonyl (C=O) groups excluding carboxylic acids is 1. The Morgan fingerprint density at radius 1 is 1.15 bits per heavy atom. The summed E-state index contributed by atoms with van der Waals surface area (Å²) in [4.78, 5) is 16.8. The smallest absolute Gasteiger partial charge is 0.246 e. The van der Waals surface area contributed by atoms with Gasteiger partial charge in [-0.2, -0.15) is 4.98 Å². The van der Waals surface area contributed by atoms with E-state index in [0.29, 0.717) is 11.7 Å². The van der Waals surface area contributed by atoms with E-state index in [9.17, 15) is 4.79 Å². The lowest BCUT2D eigenvalue weighted by Crippen LogP contribution is -2.28. The Bertz CT molecular complexity index is 844. The number of carbonyl (C=O) groups is 1. The Morgan fingerprint density at radius 2 is 1.88 bits per heavy atom. The largest absolute Gasteiger partial charge is 0.497 e. The first-order valence-corrected chi connectivity index (χ1v) is 8.51. The van der Waals surface area contributed by atoms with E-state index in [1.54, 1.807) is 7.11 Å². The molecule has 2 aromatic carbocycles. The van der Waals surface area contributed by atoms with Crippen LogP contribution in [0.15, 0.2) is 59.1 Å². The summed E-state index contributed by atoms with van der Waals surface area (Å²) >= 11 is 0. The third-order valence-electron chi connectivity index (χ3n) is 4.16. The molecule has 1 heterocycles. The number of methoxy groups -OCH3 is 1. The Hall–Kier alpha value is -3.15. The number of nitrogens with one attached hydrogen (secondary N) is 1. The predicted molar refractivity (Wildman–Crippen MR) is 97.6 cm³/mol. The number of hydrogen-bond donors (Lipinski definition) is 1. The van der Waals surface area contributed by atoms with Crippen molar-refractivity contribution in [2.24, 2.45) is 0 Å². The average molecular weight is 351 g/mol. The Kier molecular flexibility index (Phi) is 5.63. The van der Waals surface area contributed by atoms with E-state index in [4.69, 9.17) is 9.26 Å². The molecular weight excluding hydrogens is 330 g/mol. The van der Waals surface area contributed by atoms with Crippen LogP contribution in [0.4, 0.5) is 0 Å². The van der Waals surface area contributed by atoms with Gasteiger partial charge >= 0.3 is 0 Å². The number of rotatable bonds is 7. The number of benzene rings is 2. The maximum absolute atomic E-state index is 12.5. The van der Waals surface area contributed by atoms with Crippen molar-refractivity contribution in [3.05, 3.63) is 66.1 Å². The van der Waals surface area contributed by atoms with Gasteiger partial charge in [0, 0.05) is 5.56 Å². The van der Waals surface area contributed by atoms with Gasteiger partial charge in [0.15, 0.2) is 0 Å². The lowest BCUT2D eigenvalue weighted by atomic mass is 9.96. The summed E-state index contributed by atoms with van der Waals surface area (Å²) in [5.74, 6) is 1.36. The monoisotopic (exact) mass is 351 g/mol. The number of hydrogen-bond acceptors (Lipinski definition) is 5. The van der Waals surface area contributed by atoms with E-state index in [0.717, 1.165) is 23.3 Å². The summed E-state index contributed by atoms with van der Waals surface area (Å²) < 4.78 is 10.4. The van der Waals surface area contributed by atoms with Crippen LogP contribution in [0.2, 0.25) is 0 Å². The quantitative estimate of drug-likeness (QED) is 0.704. The minimum atomic E-state index is -0.194. The topological polar surface area (TPSA) is 77.2 Å². The molecule has 0 saturated heterocycles. The normalized spacial score (nSPS) is 11.8. The Morgan fingerprint density at radius 3 is 2.54 bits per heavy atom. The average Bonchev–Trinajstić information content (AvgIpc) is 3.17. The van der Waals surface area contributed by atoms with Crippen LogP contribution < -0.4 is 10.1 Å². The highest BCUT2D eigenvalue weighted by Crippen LogP contribution is 2.21. The van der Waals surface area contributed by atoms with Gasteiger partial charge in [-0.1, -0.05) is 42.4 Å². The second-order valence-electron chi connectivity index (χ2n) is 5.83. The summed E-state index contributed by atoms with van der Waals surface area (Å²) in [6, 6.07) is 17.1. The summed E-state index contributed by atoms with van der Waals surface area (Å²) in [6.07, 6.45) is 0.719. The number of ether oxygens (including phenoxy) is 1. The molecule has 0 aliphatic rings. The van der Waals surface area contributed by atoms with Crippen LogP contribution in [0, 0.1) is 0 Å². The maximum Gasteiger partial charge on any atom is 0.246 e. The highest BCUT2D eigenvalue weighted by molar-refractivity contribution is 5.83. The van der Waals surface area contributed by atoms with Crippen LogP contribution in [0.25, 0.3) is 11.4 Å². The maximum atomic E-state index is 12.5. The fourth-order valence-corrected chi connectivity index (χ4v) is 2.73. The summed E-state index contributed by atoms with van der Waals surface area (Å²) in [6.45, 7) is 2.19. The first kappa shape index (κ1) is 17.7. The Balaban J connectivity index is 1.63. The van der Waals surface area contributed by atoms with Crippen LogP contribution in [-0.4, -0.2) is 23.2 Å². The van der Waals surface area contributed by atoms with Crippen LogP contribution in [0.3, 0.4) is 0 Å². The molecule has 0 aliphatic carbocycles. The zero-order chi connectivity index (χ0) is 18.4. The summed E-state index contributed by atoms with van der Waals surface area (Å²) in [5, 5.41) is 6.84. The van der Waals surface area contributed by atoms with Crippen molar-refractivity contribution in [3.63, 3.8) is 0 Å². The molecule has 3 aromatic rings. The van der Waals surface area contributed by atoms with E-state index in [2.05, 4.69) is 15.5 Å². The molecule has 1 aromatic heterocycles. The summed E-state index contributed by atoms with van der Waals surface area (Å²) in [7, 11) is 1.61. The van der Waals surface area contributed by atoms with Gasteiger partial charge < -0.3 is 14.6 Å². The molecule has 3 rings (SSSR count). The highest BCUT2D eigenvalue weighted by Gasteiger charge is 2.19. The van der Waals surface area contributed by atoms with Crippen LogP contribution in [-0.2, 0) is 11.3 Å². The molecule has 1 atom stereocenters. The fourth-order valence-electron chi connectivity index (χ4n) is 2.73. The van der Waals surface area contributed by atoms with Gasteiger partial charge in [-0.05, 0) is 36.2 Å². The molecule has 0 saturated carbocycles. The molecule has 0 fully saturated rings. The molecule has 6 nitrogen and oxygen atoms in total. The van der Waals surface area contributed by atoms with Gasteiger partial charge in [0.2, 0.25) is 17.6 Å². The number of nitrogens with zero attached hydrogens (tertiary/aromatic N) is 2. The molecule has 1 amide bonds. The highest BCUT2D eigenvalue weighted by atomic mass is 16.5. The second-order valence-corrected chi connectivity index (χ2v) is 5.83. The van der Waals surface area contributed by atoms with Crippen molar-refractivity contribution in [2.45, 2.75) is 25.8 Å². The zero-order valence-electron chi connectivity index (χ0n) is 14.8. The molecule has 0 spiro atoms. The first-order chi connectivity index (χ1) is 12.7. The summed E-state index contributed by atoms with van der Waals surface area (Å²) in [5.41, 5.74) is 1.82. The standard InChI is InChI=1S/C20H21N3O3/c1-3-17(14-7-5-4-6-8-14)20(24)21-13-18-22-19(23-26-18)15-9-11-16(25-2)12-10-15/h4-12,17H,3,13H2,1-2H3,(H,21,24)/t17-/m1/s1. The second kappa shape index (κ2) is 8.29. The van der Waals surface area contributed by atoms with Crippen molar-refractivity contribution in [3.8, 4) is 17.1 Å². The van der Waals surface area contributed by atoms with Crippen molar-refractivity contribution in [2.75, 3.05) is 7.11 Å². The fraction of sp³-hybridized carbons (Fsp3) is 0.250. The number of amides is 1. The third kappa shape index (κ3) is 4.08. The van der Waals surface area contributed by atoms with Gasteiger partial charge in [0.1, 0.15) is 5.75 Å². The molecular formula is C20H21N3O3. The van der Waals surface area contributed by atoms with Crippen molar-refractivity contribution in [1.29, 1.82) is 0 Å². The molecule has 0 unspecified atom stereocenters. The van der Waals surface area contributed by atoms with E-state index < -0.39 is 0 Å². The van der Waals surface area contributed by atoms with Crippen molar-refractivity contribution in [1.82, 2.24) is 15.5 Å². The van der Waals surface area contributed by atoms with Gasteiger partial charge in [-0.25, -0.2) is 0 Å². The lowest BCUT2D eigenvalue weighted by Gasteiger charge is -2.14. The molecule has 26 heavy (non-hydrogen) atoms. The molecule has 0 bridgehead atoms. The first-order valence-electron chi connectivity index (χ1n) is 8.51. The molecule has 6 heteroatoms. The molecule has 0 aliphatic heterocycles. The SMILES string of the molecule is CC[C@@H](C(=O)NCc1nc(-c2ccc(OC)cc2)no1)c1ccccc1. The molecule has 134 valence electrons. The van der Waals surface area contributed by atoms with Crippen molar-refractivity contribution >= 4 is 5.91 Å². The van der Waals surface area contributed by atoms with Crippen LogP contribution >= 0.6 is 0 Å². The van der Waals surface area contributed by atoms with E-state index in [1.807, 2.05) is 61.5 Å². The third-order valence-corrected chi connectivity index (χ3v) is 4.16. The van der Waals surface area contributed by atoms with Crippen LogP contribution in [0.5, 0.6) is 5.75 Å². The van der Waals surface area contributed by atoms with Gasteiger partial charge in [-0.15, -0.1) is 0 Å². The molecule has 1 N–H and O–H groups in total. The Labute approximate surface area is 152 Å². The minimum absolute atomic E-state index is 0.0529. The van der Waals surface area contributed by atoms with Gasteiger partial charge in [-0.3, -0.25) is 4.79 Å². The lowest BCUT2D eigenvalue weighted by molar-refractivity contribution is -0.122. The van der Waals surface area contributed by atoms with Gasteiger partial charge in [0.05, 0.1) is 19.6 Å². The predicted octanol–water partition coefficient (Wildman–Crippen LogP) is 3.56. The molecule has 0 radical (unpaired) electrons. The number of aromatic nitrogens is 2. The van der Waals surface area contributed by atoms with Crippen LogP contribution in [0.1, 0.15) is 30.7 Å². The van der Waals surface area contributed by atoms with E-state index in [-0.39, 0.29) is 18.4 Å².